The molecular weight excluding hydrogens is 290 g/mol. The van der Waals surface area contributed by atoms with Crippen molar-refractivity contribution in [2.75, 3.05) is 13.2 Å². The Morgan fingerprint density at radius 3 is 2.67 bits per heavy atom. The third-order valence-electron chi connectivity index (χ3n) is 2.74. The molecule has 0 aliphatic rings. The Kier molecular flexibility index (Phi) is 7.36. The van der Waals surface area contributed by atoms with E-state index in [0.29, 0.717) is 12.6 Å². The Balaban J connectivity index is 2.32. The van der Waals surface area contributed by atoms with Crippen molar-refractivity contribution in [1.29, 1.82) is 0 Å². The van der Waals surface area contributed by atoms with Gasteiger partial charge in [0.2, 0.25) is 0 Å². The second kappa shape index (κ2) is 8.54. The molecule has 102 valence electrons. The van der Waals surface area contributed by atoms with E-state index in [1.807, 2.05) is 6.92 Å². The highest BCUT2D eigenvalue weighted by molar-refractivity contribution is 9.10. The third kappa shape index (κ3) is 5.87. The van der Waals surface area contributed by atoms with Crippen LogP contribution in [0.25, 0.3) is 0 Å². The van der Waals surface area contributed by atoms with Gasteiger partial charge in [-0.25, -0.2) is 0 Å². The summed E-state index contributed by atoms with van der Waals surface area (Å²) in [6.07, 6.45) is 3.58. The highest BCUT2D eigenvalue weighted by atomic mass is 79.9. The van der Waals surface area contributed by atoms with E-state index in [-0.39, 0.29) is 0 Å². The quantitative estimate of drug-likeness (QED) is 0.727. The van der Waals surface area contributed by atoms with E-state index in [0.717, 1.165) is 23.2 Å². The second-order valence-corrected chi connectivity index (χ2v) is 5.62. The van der Waals surface area contributed by atoms with Crippen LogP contribution in [0.3, 0.4) is 0 Å². The van der Waals surface area contributed by atoms with Gasteiger partial charge in [-0.2, -0.15) is 0 Å². The van der Waals surface area contributed by atoms with Gasteiger partial charge in [-0.1, -0.05) is 19.9 Å². The van der Waals surface area contributed by atoms with Crippen molar-refractivity contribution in [3.05, 3.63) is 28.2 Å². The van der Waals surface area contributed by atoms with Gasteiger partial charge in [-0.3, -0.25) is 0 Å². The number of unbranched alkanes of at least 4 members (excludes halogenated alkanes) is 1. The van der Waals surface area contributed by atoms with Crippen molar-refractivity contribution < 1.29 is 4.74 Å². The zero-order valence-corrected chi connectivity index (χ0v) is 13.2. The summed E-state index contributed by atoms with van der Waals surface area (Å²) in [5.41, 5.74) is 1.37. The van der Waals surface area contributed by atoms with Crippen LogP contribution in [0.5, 0.6) is 5.75 Å². The first-order valence-electron chi connectivity index (χ1n) is 6.78. The molecule has 1 N–H and O–H groups in total. The molecule has 1 rings (SSSR count). The van der Waals surface area contributed by atoms with Crippen LogP contribution in [0.4, 0.5) is 0 Å². The number of hydrogen-bond donors (Lipinski definition) is 1. The van der Waals surface area contributed by atoms with E-state index in [2.05, 4.69) is 53.3 Å². The first kappa shape index (κ1) is 15.5. The number of halogens is 1. The van der Waals surface area contributed by atoms with Crippen molar-refractivity contribution in [3.8, 4) is 5.75 Å². The van der Waals surface area contributed by atoms with Gasteiger partial charge in [0.15, 0.2) is 0 Å². The molecule has 2 nitrogen and oxygen atoms in total. The third-order valence-corrected chi connectivity index (χ3v) is 3.36. The lowest BCUT2D eigenvalue weighted by molar-refractivity contribution is 0.338. The topological polar surface area (TPSA) is 21.3 Å². The largest absolute Gasteiger partial charge is 0.493 e. The lowest BCUT2D eigenvalue weighted by atomic mass is 10.1. The van der Waals surface area contributed by atoms with Crippen LogP contribution in [-0.4, -0.2) is 19.2 Å². The zero-order valence-electron chi connectivity index (χ0n) is 11.6. The molecular formula is C15H24BrNO. The molecule has 0 fully saturated rings. The Morgan fingerprint density at radius 2 is 2.06 bits per heavy atom. The summed E-state index contributed by atoms with van der Waals surface area (Å²) in [7, 11) is 0. The van der Waals surface area contributed by atoms with Crippen LogP contribution in [-0.2, 0) is 6.42 Å². The van der Waals surface area contributed by atoms with Gasteiger partial charge in [0.1, 0.15) is 5.75 Å². The van der Waals surface area contributed by atoms with Crippen LogP contribution >= 0.6 is 15.9 Å². The van der Waals surface area contributed by atoms with Gasteiger partial charge in [-0.15, -0.1) is 0 Å². The van der Waals surface area contributed by atoms with Crippen LogP contribution in [0.15, 0.2) is 22.7 Å². The monoisotopic (exact) mass is 313 g/mol. The predicted molar refractivity (Wildman–Crippen MR) is 81.4 cm³/mol. The Bertz CT molecular complexity index is 352. The van der Waals surface area contributed by atoms with E-state index in [4.69, 9.17) is 4.74 Å². The molecule has 0 spiro atoms. The fraction of sp³-hybridized carbons (Fsp3) is 0.600. The van der Waals surface area contributed by atoms with Gasteiger partial charge in [0.25, 0.3) is 0 Å². The molecule has 18 heavy (non-hydrogen) atoms. The lowest BCUT2D eigenvalue weighted by Gasteiger charge is -2.09. The summed E-state index contributed by atoms with van der Waals surface area (Å²) in [4.78, 5) is 0. The van der Waals surface area contributed by atoms with E-state index < -0.39 is 0 Å². The zero-order chi connectivity index (χ0) is 13.4. The average molecular weight is 314 g/mol. The number of nitrogens with one attached hydrogen (secondary N) is 1. The molecule has 1 aromatic rings. The number of hydrogen-bond acceptors (Lipinski definition) is 2. The molecule has 0 saturated carbocycles. The smallest absolute Gasteiger partial charge is 0.133 e. The minimum atomic E-state index is 0.588. The van der Waals surface area contributed by atoms with Crippen LogP contribution in [0.1, 0.15) is 39.2 Å². The van der Waals surface area contributed by atoms with Crippen molar-refractivity contribution >= 4 is 15.9 Å². The summed E-state index contributed by atoms with van der Waals surface area (Å²) < 4.78 is 6.56. The summed E-state index contributed by atoms with van der Waals surface area (Å²) in [5.74, 6) is 0.933. The molecule has 0 aliphatic carbocycles. The molecule has 0 atom stereocenters. The Morgan fingerprint density at radius 1 is 1.28 bits per heavy atom. The predicted octanol–water partition coefficient (Wildman–Crippen LogP) is 4.17. The van der Waals surface area contributed by atoms with Crippen molar-refractivity contribution in [3.63, 3.8) is 0 Å². The van der Waals surface area contributed by atoms with Crippen molar-refractivity contribution in [2.24, 2.45) is 0 Å². The summed E-state index contributed by atoms with van der Waals surface area (Å²) in [6.45, 7) is 8.18. The van der Waals surface area contributed by atoms with Gasteiger partial charge in [0.05, 0.1) is 11.1 Å². The van der Waals surface area contributed by atoms with E-state index in [1.165, 1.54) is 18.4 Å². The number of rotatable bonds is 8. The molecule has 3 heteroatoms. The molecule has 0 heterocycles. The molecule has 0 radical (unpaired) electrons. The lowest BCUT2D eigenvalue weighted by Crippen LogP contribution is -2.23. The molecule has 0 bridgehead atoms. The first-order valence-corrected chi connectivity index (χ1v) is 7.57. The van der Waals surface area contributed by atoms with Crippen molar-refractivity contribution in [1.82, 2.24) is 5.32 Å². The SMILES string of the molecule is CCOc1ccc(CCCCNC(C)C)cc1Br. The molecule has 0 saturated heterocycles. The summed E-state index contributed by atoms with van der Waals surface area (Å²) >= 11 is 3.55. The minimum absolute atomic E-state index is 0.588. The summed E-state index contributed by atoms with van der Waals surface area (Å²) in [6, 6.07) is 6.96. The number of ether oxygens (including phenoxy) is 1. The van der Waals surface area contributed by atoms with E-state index >= 15 is 0 Å². The fourth-order valence-electron chi connectivity index (χ4n) is 1.82. The Hall–Kier alpha value is -0.540. The van der Waals surface area contributed by atoms with Gasteiger partial charge < -0.3 is 10.1 Å². The minimum Gasteiger partial charge on any atom is -0.493 e. The molecule has 1 aromatic carbocycles. The van der Waals surface area contributed by atoms with E-state index in [1.54, 1.807) is 0 Å². The first-order chi connectivity index (χ1) is 8.63. The van der Waals surface area contributed by atoms with Crippen LogP contribution in [0, 0.1) is 0 Å². The van der Waals surface area contributed by atoms with Gasteiger partial charge in [-0.05, 0) is 66.4 Å². The highest BCUT2D eigenvalue weighted by Gasteiger charge is 2.02. The van der Waals surface area contributed by atoms with Crippen molar-refractivity contribution in [2.45, 2.75) is 46.1 Å². The van der Waals surface area contributed by atoms with Crippen LogP contribution in [0.2, 0.25) is 0 Å². The van der Waals surface area contributed by atoms with Gasteiger partial charge in [0, 0.05) is 6.04 Å². The number of aryl methyl sites for hydroxylation is 1. The fourth-order valence-corrected chi connectivity index (χ4v) is 2.36. The Labute approximate surface area is 119 Å². The van der Waals surface area contributed by atoms with Gasteiger partial charge >= 0.3 is 0 Å². The highest BCUT2D eigenvalue weighted by Crippen LogP contribution is 2.26. The summed E-state index contributed by atoms with van der Waals surface area (Å²) in [5, 5.41) is 3.44. The van der Waals surface area contributed by atoms with E-state index in [9.17, 15) is 0 Å². The maximum Gasteiger partial charge on any atom is 0.133 e. The standard InChI is InChI=1S/C15H24BrNO/c1-4-18-15-9-8-13(11-14(15)16)7-5-6-10-17-12(2)3/h8-9,11-12,17H,4-7,10H2,1-3H3. The molecule has 0 aromatic heterocycles. The molecule has 0 amide bonds. The number of benzene rings is 1. The average Bonchev–Trinajstić information content (AvgIpc) is 2.32. The molecule has 0 aliphatic heterocycles. The van der Waals surface area contributed by atoms with Crippen LogP contribution < -0.4 is 10.1 Å². The normalized spacial score (nSPS) is 10.9. The second-order valence-electron chi connectivity index (χ2n) is 4.76. The molecule has 0 unspecified atom stereocenters. The maximum absolute atomic E-state index is 5.50. The maximum atomic E-state index is 5.50.